The Balaban J connectivity index is 1.43. The third-order valence-corrected chi connectivity index (χ3v) is 6.06. The molecule has 3 heterocycles. The van der Waals surface area contributed by atoms with Gasteiger partial charge in [0.05, 0.1) is 6.04 Å². The molecule has 1 aromatic carbocycles. The van der Waals surface area contributed by atoms with Crippen LogP contribution < -0.4 is 15.1 Å². The van der Waals surface area contributed by atoms with Crippen molar-refractivity contribution in [3.63, 3.8) is 0 Å². The Hall–Kier alpha value is -2.77. The molecule has 162 valence electrons. The first-order valence-electron chi connectivity index (χ1n) is 10.6. The van der Waals surface area contributed by atoms with Crippen molar-refractivity contribution >= 4 is 29.3 Å². The third-order valence-electron chi connectivity index (χ3n) is 6.06. The first kappa shape index (κ1) is 20.5. The SMILES string of the molecule is CN(C(=O)OC(C)(C)C)C1CN(c2cccc3c2CCN3[C@H]2CCC(=O)NC2=O)C1. The van der Waals surface area contributed by atoms with Crippen LogP contribution in [0.2, 0.25) is 0 Å². The minimum atomic E-state index is -0.505. The smallest absolute Gasteiger partial charge is 0.410 e. The molecule has 2 saturated heterocycles. The number of amides is 3. The number of nitrogens with zero attached hydrogens (tertiary/aromatic N) is 3. The minimum absolute atomic E-state index is 0.114. The summed E-state index contributed by atoms with van der Waals surface area (Å²) >= 11 is 0. The van der Waals surface area contributed by atoms with E-state index >= 15 is 0 Å². The Bertz CT molecular complexity index is 872. The number of likely N-dealkylation sites (N-methyl/N-ethyl adjacent to an activating group) is 1. The molecule has 0 aliphatic carbocycles. The topological polar surface area (TPSA) is 82.2 Å². The quantitative estimate of drug-likeness (QED) is 0.761. The number of hydrogen-bond donors (Lipinski definition) is 1. The molecule has 0 bridgehead atoms. The van der Waals surface area contributed by atoms with Crippen molar-refractivity contribution in [1.29, 1.82) is 0 Å². The van der Waals surface area contributed by atoms with Crippen molar-refractivity contribution in [2.75, 3.05) is 36.5 Å². The van der Waals surface area contributed by atoms with Crippen LogP contribution in [0.25, 0.3) is 0 Å². The summed E-state index contributed by atoms with van der Waals surface area (Å²) in [5.41, 5.74) is 2.97. The van der Waals surface area contributed by atoms with E-state index in [1.807, 2.05) is 26.8 Å². The number of nitrogens with one attached hydrogen (secondary N) is 1. The normalized spacial score (nSPS) is 21.8. The van der Waals surface area contributed by atoms with Gasteiger partial charge in [0.1, 0.15) is 11.6 Å². The van der Waals surface area contributed by atoms with Gasteiger partial charge in [0, 0.05) is 50.0 Å². The highest BCUT2D eigenvalue weighted by Crippen LogP contribution is 2.39. The van der Waals surface area contributed by atoms with Crippen LogP contribution in [0.4, 0.5) is 16.2 Å². The molecule has 3 aliphatic heterocycles. The van der Waals surface area contributed by atoms with E-state index in [0.717, 1.165) is 37.4 Å². The van der Waals surface area contributed by atoms with E-state index in [0.29, 0.717) is 12.8 Å². The van der Waals surface area contributed by atoms with Gasteiger partial charge in [-0.05, 0) is 45.7 Å². The number of carbonyl (C=O) groups excluding carboxylic acids is 3. The second-order valence-electron chi connectivity index (χ2n) is 9.34. The lowest BCUT2D eigenvalue weighted by molar-refractivity contribution is -0.134. The summed E-state index contributed by atoms with van der Waals surface area (Å²) in [5, 5.41) is 2.46. The highest BCUT2D eigenvalue weighted by Gasteiger charge is 2.39. The Morgan fingerprint density at radius 1 is 1.17 bits per heavy atom. The summed E-state index contributed by atoms with van der Waals surface area (Å²) < 4.78 is 5.47. The van der Waals surface area contributed by atoms with Crippen molar-refractivity contribution in [2.24, 2.45) is 0 Å². The maximum atomic E-state index is 12.3. The van der Waals surface area contributed by atoms with Gasteiger partial charge < -0.3 is 19.4 Å². The zero-order valence-corrected chi connectivity index (χ0v) is 18.1. The van der Waals surface area contributed by atoms with Crippen molar-refractivity contribution in [2.45, 2.75) is 57.7 Å². The summed E-state index contributed by atoms with van der Waals surface area (Å²) in [5.74, 6) is -0.391. The number of imide groups is 1. The molecular weight excluding hydrogens is 384 g/mol. The lowest BCUT2D eigenvalue weighted by Gasteiger charge is -2.46. The van der Waals surface area contributed by atoms with Crippen LogP contribution >= 0.6 is 0 Å². The number of carbonyl (C=O) groups is 3. The van der Waals surface area contributed by atoms with Gasteiger partial charge in [0.2, 0.25) is 11.8 Å². The molecule has 30 heavy (non-hydrogen) atoms. The molecule has 4 rings (SSSR count). The molecule has 1 atom stereocenters. The fourth-order valence-electron chi connectivity index (χ4n) is 4.42. The minimum Gasteiger partial charge on any atom is -0.444 e. The summed E-state index contributed by atoms with van der Waals surface area (Å²) in [4.78, 5) is 42.2. The van der Waals surface area contributed by atoms with E-state index in [4.69, 9.17) is 4.74 Å². The van der Waals surface area contributed by atoms with E-state index in [2.05, 4.69) is 27.2 Å². The maximum Gasteiger partial charge on any atom is 0.410 e. The molecule has 0 unspecified atom stereocenters. The van der Waals surface area contributed by atoms with Gasteiger partial charge in [0.25, 0.3) is 0 Å². The average molecular weight is 415 g/mol. The number of fused-ring (bicyclic) bond motifs is 1. The summed E-state index contributed by atoms with van der Waals surface area (Å²) in [6.07, 6.45) is 1.51. The molecule has 3 amide bonds. The summed E-state index contributed by atoms with van der Waals surface area (Å²) in [7, 11) is 1.79. The monoisotopic (exact) mass is 414 g/mol. The zero-order chi connectivity index (χ0) is 21.6. The Labute approximate surface area is 177 Å². The van der Waals surface area contributed by atoms with Gasteiger partial charge in [-0.3, -0.25) is 14.9 Å². The number of piperidine rings is 1. The van der Waals surface area contributed by atoms with Gasteiger partial charge in [-0.2, -0.15) is 0 Å². The van der Waals surface area contributed by atoms with Crippen LogP contribution in [-0.4, -0.2) is 67.2 Å². The third kappa shape index (κ3) is 3.82. The van der Waals surface area contributed by atoms with Crippen LogP contribution in [0.1, 0.15) is 39.2 Å². The second-order valence-corrected chi connectivity index (χ2v) is 9.34. The maximum absolute atomic E-state index is 12.3. The highest BCUT2D eigenvalue weighted by molar-refractivity contribution is 6.02. The summed E-state index contributed by atoms with van der Waals surface area (Å²) in [6, 6.07) is 6.00. The predicted molar refractivity (Wildman–Crippen MR) is 114 cm³/mol. The van der Waals surface area contributed by atoms with Crippen LogP contribution in [0.15, 0.2) is 18.2 Å². The lowest BCUT2D eigenvalue weighted by atomic mass is 10.0. The first-order chi connectivity index (χ1) is 14.1. The van der Waals surface area contributed by atoms with Crippen molar-refractivity contribution in [3.8, 4) is 0 Å². The number of benzene rings is 1. The molecule has 0 radical (unpaired) electrons. The molecule has 8 nitrogen and oxygen atoms in total. The summed E-state index contributed by atoms with van der Waals surface area (Å²) in [6.45, 7) is 7.89. The number of rotatable bonds is 3. The van der Waals surface area contributed by atoms with E-state index in [1.165, 1.54) is 5.56 Å². The van der Waals surface area contributed by atoms with Crippen molar-refractivity contribution in [1.82, 2.24) is 10.2 Å². The fourth-order valence-corrected chi connectivity index (χ4v) is 4.42. The lowest BCUT2D eigenvalue weighted by Crippen LogP contribution is -2.60. The van der Waals surface area contributed by atoms with E-state index < -0.39 is 5.60 Å². The molecule has 8 heteroatoms. The fraction of sp³-hybridized carbons (Fsp3) is 0.591. The molecule has 3 aliphatic rings. The molecule has 2 fully saturated rings. The first-order valence-corrected chi connectivity index (χ1v) is 10.6. The molecule has 1 N–H and O–H groups in total. The molecular formula is C22H30N4O4. The van der Waals surface area contributed by atoms with Crippen molar-refractivity contribution in [3.05, 3.63) is 23.8 Å². The standard InChI is InChI=1S/C22H30N4O4/c1-22(2,3)30-21(29)24(4)14-12-25(13-14)16-6-5-7-17-15(16)10-11-26(17)18-8-9-19(27)23-20(18)28/h5-7,14,18H,8-13H2,1-4H3,(H,23,27,28)/t18-/m0/s1. The van der Waals surface area contributed by atoms with Crippen molar-refractivity contribution < 1.29 is 19.1 Å². The number of ether oxygens (including phenoxy) is 1. The second kappa shape index (κ2) is 7.49. The molecule has 0 spiro atoms. The molecule has 0 saturated carbocycles. The average Bonchev–Trinajstić information content (AvgIpc) is 3.03. The van der Waals surface area contributed by atoms with E-state index in [1.54, 1.807) is 11.9 Å². The Morgan fingerprint density at radius 2 is 1.87 bits per heavy atom. The Morgan fingerprint density at radius 3 is 2.53 bits per heavy atom. The van der Waals surface area contributed by atoms with E-state index in [9.17, 15) is 14.4 Å². The number of hydrogen-bond acceptors (Lipinski definition) is 6. The van der Waals surface area contributed by atoms with Gasteiger partial charge >= 0.3 is 6.09 Å². The van der Waals surface area contributed by atoms with Gasteiger partial charge in [-0.1, -0.05) is 6.07 Å². The van der Waals surface area contributed by atoms with Crippen LogP contribution in [0.3, 0.4) is 0 Å². The van der Waals surface area contributed by atoms with Crippen LogP contribution in [-0.2, 0) is 20.7 Å². The molecule has 0 aromatic heterocycles. The van der Waals surface area contributed by atoms with Crippen LogP contribution in [0, 0.1) is 0 Å². The highest BCUT2D eigenvalue weighted by atomic mass is 16.6. The predicted octanol–water partition coefficient (Wildman–Crippen LogP) is 1.91. The molecule has 1 aromatic rings. The largest absolute Gasteiger partial charge is 0.444 e. The Kier molecular flexibility index (Phi) is 5.11. The zero-order valence-electron chi connectivity index (χ0n) is 18.1. The van der Waals surface area contributed by atoms with Gasteiger partial charge in [0.15, 0.2) is 0 Å². The van der Waals surface area contributed by atoms with Gasteiger partial charge in [-0.25, -0.2) is 4.79 Å². The number of anilines is 2. The van der Waals surface area contributed by atoms with Gasteiger partial charge in [-0.15, -0.1) is 0 Å². The van der Waals surface area contributed by atoms with Crippen LogP contribution in [0.5, 0.6) is 0 Å². The van der Waals surface area contributed by atoms with E-state index in [-0.39, 0.29) is 30.0 Å².